The quantitative estimate of drug-likeness (QED) is 0.927. The molecule has 1 aliphatic rings. The molecule has 1 aromatic carbocycles. The van der Waals surface area contributed by atoms with Gasteiger partial charge in [0.25, 0.3) is 5.91 Å². The third-order valence-corrected chi connectivity index (χ3v) is 4.40. The van der Waals surface area contributed by atoms with Crippen molar-refractivity contribution in [1.29, 1.82) is 0 Å². The van der Waals surface area contributed by atoms with Gasteiger partial charge >= 0.3 is 0 Å². The summed E-state index contributed by atoms with van der Waals surface area (Å²) >= 11 is 0. The number of aryl methyl sites for hydroxylation is 1. The Labute approximate surface area is 147 Å². The van der Waals surface area contributed by atoms with E-state index in [0.717, 1.165) is 13.1 Å². The van der Waals surface area contributed by atoms with Crippen LogP contribution < -0.4 is 0 Å². The number of rotatable bonds is 3. The van der Waals surface area contributed by atoms with E-state index >= 15 is 0 Å². The average molecular weight is 345 g/mol. The van der Waals surface area contributed by atoms with Crippen LogP contribution in [0.3, 0.4) is 0 Å². The second-order valence-electron chi connectivity index (χ2n) is 7.35. The molecule has 0 saturated carbocycles. The third-order valence-electron chi connectivity index (χ3n) is 4.40. The van der Waals surface area contributed by atoms with Crippen LogP contribution >= 0.6 is 0 Å². The number of amides is 1. The van der Waals surface area contributed by atoms with E-state index in [1.54, 1.807) is 26.0 Å². The van der Waals surface area contributed by atoms with Crippen molar-refractivity contribution in [2.45, 2.75) is 26.4 Å². The Balaban J connectivity index is 1.79. The Hall–Kier alpha value is -2.05. The minimum atomic E-state index is -0.741. The average Bonchev–Trinajstić information content (AvgIpc) is 2.52. The first-order chi connectivity index (χ1) is 11.7. The Morgan fingerprint density at radius 1 is 1.24 bits per heavy atom. The van der Waals surface area contributed by atoms with E-state index in [1.165, 1.54) is 12.1 Å². The van der Waals surface area contributed by atoms with Crippen molar-refractivity contribution in [2.75, 3.05) is 32.7 Å². The highest BCUT2D eigenvalue weighted by Crippen LogP contribution is 2.22. The number of aliphatic hydroxyl groups is 1. The van der Waals surface area contributed by atoms with Crippen LogP contribution in [0.15, 0.2) is 24.3 Å². The number of β-amino-alcohol motifs (C(OH)–C–C–N with tert-alkyl or cyclic N) is 1. The number of halogens is 1. The van der Waals surface area contributed by atoms with Crippen LogP contribution in [0, 0.1) is 12.7 Å². The zero-order chi connectivity index (χ0) is 18.2. The minimum absolute atomic E-state index is 0.0509. The molecule has 5 nitrogen and oxygen atoms in total. The maximum Gasteiger partial charge on any atom is 0.254 e. The first-order valence-electron chi connectivity index (χ1n) is 8.54. The highest BCUT2D eigenvalue weighted by Gasteiger charge is 2.26. The third kappa shape index (κ3) is 4.14. The molecule has 1 saturated heterocycles. The molecule has 2 heterocycles. The summed E-state index contributed by atoms with van der Waals surface area (Å²) in [5, 5.41) is 10.6. The first kappa shape index (κ1) is 17.8. The Bertz CT molecular complexity index is 788. The molecule has 0 aliphatic carbocycles. The summed E-state index contributed by atoms with van der Waals surface area (Å²) in [5.41, 5.74) is 1.03. The highest BCUT2D eigenvalue weighted by atomic mass is 19.1. The van der Waals surface area contributed by atoms with E-state index < -0.39 is 5.60 Å². The van der Waals surface area contributed by atoms with E-state index in [1.807, 2.05) is 11.8 Å². The van der Waals surface area contributed by atoms with E-state index in [-0.39, 0.29) is 11.7 Å². The molecular formula is C19H24FN3O2. The fourth-order valence-electron chi connectivity index (χ4n) is 3.34. The molecule has 1 N–H and O–H groups in total. The number of nitrogens with zero attached hydrogens (tertiary/aromatic N) is 3. The summed E-state index contributed by atoms with van der Waals surface area (Å²) in [6, 6.07) is 6.11. The molecule has 1 aliphatic heterocycles. The van der Waals surface area contributed by atoms with Crippen LogP contribution in [0.4, 0.5) is 4.39 Å². The van der Waals surface area contributed by atoms with Gasteiger partial charge in [-0.25, -0.2) is 4.39 Å². The standard InChI is InChI=1S/C19H24FN3O2/c1-13-10-16(15-5-4-14(20)11-17(15)21-13)18(24)23-8-6-22(7-9-23)12-19(2,3)25/h4-5,10-11,25H,6-9,12H2,1-3H3. The van der Waals surface area contributed by atoms with Gasteiger partial charge in [0.1, 0.15) is 5.82 Å². The van der Waals surface area contributed by atoms with Crippen molar-refractivity contribution in [2.24, 2.45) is 0 Å². The maximum atomic E-state index is 13.5. The van der Waals surface area contributed by atoms with Crippen molar-refractivity contribution in [1.82, 2.24) is 14.8 Å². The van der Waals surface area contributed by atoms with Crippen LogP contribution in [-0.2, 0) is 0 Å². The molecule has 3 rings (SSSR count). The molecule has 25 heavy (non-hydrogen) atoms. The topological polar surface area (TPSA) is 56.7 Å². The summed E-state index contributed by atoms with van der Waals surface area (Å²) in [6.07, 6.45) is 0. The van der Waals surface area contributed by atoms with Gasteiger partial charge in [-0.05, 0) is 39.0 Å². The van der Waals surface area contributed by atoms with Gasteiger partial charge in [-0.15, -0.1) is 0 Å². The van der Waals surface area contributed by atoms with Crippen LogP contribution in [-0.4, -0.2) is 64.1 Å². The van der Waals surface area contributed by atoms with E-state index in [2.05, 4.69) is 9.88 Å². The van der Waals surface area contributed by atoms with Crippen LogP contribution in [0.2, 0.25) is 0 Å². The number of fused-ring (bicyclic) bond motifs is 1. The lowest BCUT2D eigenvalue weighted by Gasteiger charge is -2.37. The summed E-state index contributed by atoms with van der Waals surface area (Å²) in [5.74, 6) is -0.408. The van der Waals surface area contributed by atoms with Crippen molar-refractivity contribution in [3.63, 3.8) is 0 Å². The van der Waals surface area contributed by atoms with Crippen LogP contribution in [0.25, 0.3) is 10.9 Å². The predicted molar refractivity (Wildman–Crippen MR) is 95.1 cm³/mol. The number of benzene rings is 1. The van der Waals surface area contributed by atoms with Gasteiger partial charge in [0, 0.05) is 49.9 Å². The number of carbonyl (C=O) groups excluding carboxylic acids is 1. The van der Waals surface area contributed by atoms with E-state index in [0.29, 0.717) is 41.8 Å². The van der Waals surface area contributed by atoms with Crippen LogP contribution in [0.5, 0.6) is 0 Å². The van der Waals surface area contributed by atoms with Crippen molar-refractivity contribution in [3.05, 3.63) is 41.3 Å². The van der Waals surface area contributed by atoms with Crippen molar-refractivity contribution in [3.8, 4) is 0 Å². The van der Waals surface area contributed by atoms with Gasteiger partial charge in [0.2, 0.25) is 0 Å². The van der Waals surface area contributed by atoms with E-state index in [4.69, 9.17) is 0 Å². The number of hydrogen-bond acceptors (Lipinski definition) is 4. The summed E-state index contributed by atoms with van der Waals surface area (Å²) in [7, 11) is 0. The number of hydrogen-bond donors (Lipinski definition) is 1. The predicted octanol–water partition coefficient (Wildman–Crippen LogP) is 2.21. The molecule has 134 valence electrons. The summed E-state index contributed by atoms with van der Waals surface area (Å²) in [6.45, 7) is 8.65. The largest absolute Gasteiger partial charge is 0.389 e. The Morgan fingerprint density at radius 2 is 1.92 bits per heavy atom. The lowest BCUT2D eigenvalue weighted by Crippen LogP contribution is -2.52. The molecule has 0 bridgehead atoms. The van der Waals surface area contributed by atoms with Gasteiger partial charge in [-0.3, -0.25) is 14.7 Å². The maximum absolute atomic E-state index is 13.5. The second kappa shape index (κ2) is 6.69. The zero-order valence-electron chi connectivity index (χ0n) is 14.9. The second-order valence-corrected chi connectivity index (χ2v) is 7.35. The number of carbonyl (C=O) groups is 1. The van der Waals surface area contributed by atoms with Gasteiger partial charge < -0.3 is 10.0 Å². The molecule has 2 aromatic rings. The normalized spacial score (nSPS) is 16.4. The number of pyridine rings is 1. The van der Waals surface area contributed by atoms with Gasteiger partial charge in [0.15, 0.2) is 0 Å². The minimum Gasteiger partial charge on any atom is -0.389 e. The van der Waals surface area contributed by atoms with E-state index in [9.17, 15) is 14.3 Å². The molecule has 1 fully saturated rings. The molecule has 6 heteroatoms. The lowest BCUT2D eigenvalue weighted by molar-refractivity contribution is 0.0179. The zero-order valence-corrected chi connectivity index (χ0v) is 14.9. The Morgan fingerprint density at radius 3 is 2.56 bits per heavy atom. The molecule has 0 atom stereocenters. The fraction of sp³-hybridized carbons (Fsp3) is 0.474. The lowest BCUT2D eigenvalue weighted by atomic mass is 10.1. The number of aromatic nitrogens is 1. The van der Waals surface area contributed by atoms with Gasteiger partial charge in [-0.1, -0.05) is 0 Å². The fourth-order valence-corrected chi connectivity index (χ4v) is 3.34. The SMILES string of the molecule is Cc1cc(C(=O)N2CCN(CC(C)(C)O)CC2)c2ccc(F)cc2n1. The van der Waals surface area contributed by atoms with Crippen molar-refractivity contribution < 1.29 is 14.3 Å². The highest BCUT2D eigenvalue weighted by molar-refractivity contribution is 6.06. The summed E-state index contributed by atoms with van der Waals surface area (Å²) < 4.78 is 13.5. The molecular weight excluding hydrogens is 321 g/mol. The van der Waals surface area contributed by atoms with Crippen LogP contribution in [0.1, 0.15) is 29.9 Å². The number of piperazine rings is 1. The first-order valence-corrected chi connectivity index (χ1v) is 8.54. The van der Waals surface area contributed by atoms with Gasteiger partial charge in [0.05, 0.1) is 16.7 Å². The molecule has 1 amide bonds. The molecule has 0 unspecified atom stereocenters. The van der Waals surface area contributed by atoms with Crippen molar-refractivity contribution >= 4 is 16.8 Å². The molecule has 0 radical (unpaired) electrons. The van der Waals surface area contributed by atoms with Gasteiger partial charge in [-0.2, -0.15) is 0 Å². The summed E-state index contributed by atoms with van der Waals surface area (Å²) in [4.78, 5) is 21.3. The molecule has 1 aromatic heterocycles. The Kier molecular flexibility index (Phi) is 4.75. The smallest absolute Gasteiger partial charge is 0.254 e. The molecule has 0 spiro atoms. The monoisotopic (exact) mass is 345 g/mol.